The van der Waals surface area contributed by atoms with Crippen molar-refractivity contribution < 1.29 is 36.8 Å². The molecule has 2 saturated heterocycles. The van der Waals surface area contributed by atoms with Crippen molar-refractivity contribution >= 4 is 35.0 Å². The summed E-state index contributed by atoms with van der Waals surface area (Å²) in [6.07, 6.45) is -3.57. The Morgan fingerprint density at radius 1 is 0.889 bits per heavy atom. The maximum absolute atomic E-state index is 14.0. The van der Waals surface area contributed by atoms with E-state index in [-0.39, 0.29) is 47.5 Å². The lowest BCUT2D eigenvalue weighted by molar-refractivity contribution is -0.128. The van der Waals surface area contributed by atoms with Crippen LogP contribution < -0.4 is 27.6 Å². The first kappa shape index (κ1) is 43.1. The standard InChI is InChI=1S/C37H59N5O10Si2/c1-21(2)18-28(34(45)39-27(33(38)44)19-26-14-12-11-13-15-26)40-37(47)50-32-31-29(49-35(32)42-17-16-30(43)41-36(42)46)20-48-53(22(3)4,23(5)6)52-54(51-31,24(7)8)25(9)10/h11-17,21-25,27-29,31-32,35H,18-20H2,1-10H3,(H2,38,44)(H,39,45)(H,40,47)(H,41,43,46)/t27-,28-,29+,31+,32+,35+/m0/s1. The van der Waals surface area contributed by atoms with Gasteiger partial charge in [-0.25, -0.2) is 9.59 Å². The highest BCUT2D eigenvalue weighted by molar-refractivity contribution is 6.84. The third kappa shape index (κ3) is 9.60. The number of aromatic amines is 1. The van der Waals surface area contributed by atoms with Crippen molar-refractivity contribution in [2.45, 2.75) is 141 Å². The number of hydrogen-bond donors (Lipinski definition) is 4. The van der Waals surface area contributed by atoms with Gasteiger partial charge in [-0.2, -0.15) is 0 Å². The van der Waals surface area contributed by atoms with Crippen LogP contribution in [0.5, 0.6) is 0 Å². The van der Waals surface area contributed by atoms with Gasteiger partial charge in [0.05, 0.1) is 6.61 Å². The predicted molar refractivity (Wildman–Crippen MR) is 207 cm³/mol. The monoisotopic (exact) mass is 789 g/mol. The zero-order valence-corrected chi connectivity index (χ0v) is 35.1. The number of fused-ring (bicyclic) bond motifs is 1. The van der Waals surface area contributed by atoms with E-state index in [1.54, 1.807) is 0 Å². The molecule has 2 fully saturated rings. The Balaban J connectivity index is 1.71. The third-order valence-corrected chi connectivity index (χ3v) is 20.5. The van der Waals surface area contributed by atoms with E-state index in [2.05, 4.69) is 71.0 Å². The van der Waals surface area contributed by atoms with Gasteiger partial charge in [-0.05, 0) is 40.1 Å². The van der Waals surface area contributed by atoms with Gasteiger partial charge in [0.25, 0.3) is 5.56 Å². The molecule has 6 atom stereocenters. The van der Waals surface area contributed by atoms with Crippen molar-refractivity contribution in [2.24, 2.45) is 11.7 Å². The lowest BCUT2D eigenvalue weighted by atomic mass is 10.0. The van der Waals surface area contributed by atoms with Crippen LogP contribution in [0.3, 0.4) is 0 Å². The summed E-state index contributed by atoms with van der Waals surface area (Å²) in [4.78, 5) is 67.6. The van der Waals surface area contributed by atoms with E-state index in [1.165, 1.54) is 12.3 Å². The van der Waals surface area contributed by atoms with Gasteiger partial charge in [0.1, 0.15) is 24.3 Å². The van der Waals surface area contributed by atoms with Crippen LogP contribution >= 0.6 is 0 Å². The lowest BCUT2D eigenvalue weighted by Gasteiger charge is -2.51. The number of primary amides is 1. The van der Waals surface area contributed by atoms with Crippen molar-refractivity contribution in [3.05, 3.63) is 69.0 Å². The number of nitrogens with one attached hydrogen (secondary N) is 3. The van der Waals surface area contributed by atoms with E-state index < -0.39 is 82.9 Å². The predicted octanol–water partition coefficient (Wildman–Crippen LogP) is 4.11. The van der Waals surface area contributed by atoms with Crippen LogP contribution in [-0.2, 0) is 38.5 Å². The number of alkyl carbamates (subject to hydrolysis) is 1. The second-order valence-corrected chi connectivity index (χ2v) is 24.8. The molecule has 0 unspecified atom stereocenters. The van der Waals surface area contributed by atoms with Crippen molar-refractivity contribution in [3.8, 4) is 0 Å². The molecule has 3 heterocycles. The number of nitrogens with zero attached hydrogens (tertiary/aromatic N) is 1. The molecule has 0 bridgehead atoms. The Morgan fingerprint density at radius 2 is 1.50 bits per heavy atom. The van der Waals surface area contributed by atoms with E-state index in [4.69, 9.17) is 28.2 Å². The molecule has 54 heavy (non-hydrogen) atoms. The van der Waals surface area contributed by atoms with Gasteiger partial charge in [-0.3, -0.25) is 23.9 Å². The van der Waals surface area contributed by atoms with Gasteiger partial charge < -0.3 is 38.8 Å². The minimum atomic E-state index is -3.25. The van der Waals surface area contributed by atoms with Crippen LogP contribution in [0.4, 0.5) is 4.79 Å². The fourth-order valence-electron chi connectivity index (χ4n) is 7.45. The Morgan fingerprint density at radius 3 is 2.04 bits per heavy atom. The van der Waals surface area contributed by atoms with Gasteiger partial charge in [-0.1, -0.05) is 99.6 Å². The molecule has 1 aromatic heterocycles. The highest BCUT2D eigenvalue weighted by Crippen LogP contribution is 2.48. The fraction of sp³-hybridized carbons (Fsp3) is 0.649. The minimum Gasteiger partial charge on any atom is -0.439 e. The molecule has 2 aliphatic rings. The Labute approximate surface area is 319 Å². The van der Waals surface area contributed by atoms with Gasteiger partial charge >= 0.3 is 28.9 Å². The maximum atomic E-state index is 14.0. The van der Waals surface area contributed by atoms with Crippen molar-refractivity contribution in [3.63, 3.8) is 0 Å². The van der Waals surface area contributed by atoms with Crippen LogP contribution in [0.25, 0.3) is 0 Å². The first-order chi connectivity index (χ1) is 25.3. The van der Waals surface area contributed by atoms with Crippen molar-refractivity contribution in [1.82, 2.24) is 20.2 Å². The molecule has 0 aliphatic carbocycles. The van der Waals surface area contributed by atoms with Crippen molar-refractivity contribution in [2.75, 3.05) is 6.61 Å². The Bertz CT molecular complexity index is 1700. The highest BCUT2D eigenvalue weighted by atomic mass is 28.5. The molecule has 0 radical (unpaired) electrons. The molecule has 15 nitrogen and oxygen atoms in total. The van der Waals surface area contributed by atoms with Gasteiger partial charge in [-0.15, -0.1) is 0 Å². The topological polar surface area (TPSA) is 202 Å². The summed E-state index contributed by atoms with van der Waals surface area (Å²) in [5, 5.41) is 5.39. The number of carbonyl (C=O) groups is 3. The van der Waals surface area contributed by atoms with E-state index in [1.807, 2.05) is 44.2 Å². The van der Waals surface area contributed by atoms with Crippen LogP contribution in [-0.4, -0.2) is 81.6 Å². The normalized spacial score (nSPS) is 23.5. The summed E-state index contributed by atoms with van der Waals surface area (Å²) in [6.45, 7) is 20.4. The summed E-state index contributed by atoms with van der Waals surface area (Å²) in [5.41, 5.74) is 5.08. The average Bonchev–Trinajstić information content (AvgIpc) is 3.38. The second-order valence-electron chi connectivity index (χ2n) is 16.0. The van der Waals surface area contributed by atoms with Gasteiger partial charge in [0, 0.05) is 18.7 Å². The van der Waals surface area contributed by atoms with Crippen LogP contribution in [0.2, 0.25) is 22.2 Å². The van der Waals surface area contributed by atoms with Gasteiger partial charge in [0.2, 0.25) is 11.8 Å². The van der Waals surface area contributed by atoms with Crippen LogP contribution in [0, 0.1) is 5.92 Å². The average molecular weight is 790 g/mol. The second kappa shape index (κ2) is 17.9. The van der Waals surface area contributed by atoms with E-state index in [9.17, 15) is 24.0 Å². The van der Waals surface area contributed by atoms with Crippen LogP contribution in [0.15, 0.2) is 52.2 Å². The first-order valence-electron chi connectivity index (χ1n) is 18.9. The number of nitrogens with two attached hydrogens (primary N) is 1. The zero-order valence-electron chi connectivity index (χ0n) is 33.1. The Kier molecular flexibility index (Phi) is 14.3. The fourth-order valence-corrected chi connectivity index (χ4v) is 18.7. The molecule has 1 aromatic carbocycles. The van der Waals surface area contributed by atoms with E-state index >= 15 is 0 Å². The molecule has 17 heteroatoms. The number of hydrogen-bond acceptors (Lipinski definition) is 10. The molecule has 4 rings (SSSR count). The molecular weight excluding hydrogens is 731 g/mol. The number of H-pyrrole nitrogens is 1. The molecule has 0 spiro atoms. The number of amides is 3. The largest absolute Gasteiger partial charge is 0.439 e. The van der Waals surface area contributed by atoms with E-state index in [0.717, 1.165) is 10.1 Å². The molecule has 300 valence electrons. The van der Waals surface area contributed by atoms with Crippen LogP contribution in [0.1, 0.15) is 87.4 Å². The number of benzene rings is 1. The highest BCUT2D eigenvalue weighted by Gasteiger charge is 2.62. The Hall–Kier alpha value is -3.62. The SMILES string of the molecule is CC(C)C[C@H](NC(=O)O[C@@H]1[C@@H]2O[Si](C(C)C)(C(C)C)O[Si](C(C)C)(C(C)C)OC[C@H]2O[C@H]1n1ccc(=O)[nH]c1=O)C(=O)N[C@@H](Cc1ccccc1)C(N)=O. The number of rotatable bonds is 14. The van der Waals surface area contributed by atoms with E-state index in [0.29, 0.717) is 0 Å². The first-order valence-corrected chi connectivity index (χ1v) is 22.8. The summed E-state index contributed by atoms with van der Waals surface area (Å²) in [5.74, 6) is -1.39. The quantitative estimate of drug-likeness (QED) is 0.202. The summed E-state index contributed by atoms with van der Waals surface area (Å²) in [7, 11) is -6.22. The molecule has 3 amide bonds. The molecular formula is C37H59N5O10Si2. The molecule has 0 saturated carbocycles. The summed E-state index contributed by atoms with van der Waals surface area (Å²) >= 11 is 0. The number of ether oxygens (including phenoxy) is 2. The third-order valence-electron chi connectivity index (χ3n) is 10.2. The molecule has 5 N–H and O–H groups in total. The van der Waals surface area contributed by atoms with Crippen molar-refractivity contribution in [1.29, 1.82) is 0 Å². The molecule has 2 aliphatic heterocycles. The summed E-state index contributed by atoms with van der Waals surface area (Å²) < 4.78 is 35.1. The maximum Gasteiger partial charge on any atom is 0.408 e. The number of carbonyl (C=O) groups excluding carboxylic acids is 3. The molecule has 2 aromatic rings. The van der Waals surface area contributed by atoms with Gasteiger partial charge in [0.15, 0.2) is 12.3 Å². The minimum absolute atomic E-state index is 0.0400. The smallest absolute Gasteiger partial charge is 0.408 e. The summed E-state index contributed by atoms with van der Waals surface area (Å²) in [6, 6.07) is 8.15. The number of aromatic nitrogens is 2. The zero-order chi connectivity index (χ0) is 40.1. The lowest BCUT2D eigenvalue weighted by Crippen LogP contribution is -2.66.